The summed E-state index contributed by atoms with van der Waals surface area (Å²) in [5.41, 5.74) is 5.06. The third-order valence-electron chi connectivity index (χ3n) is 3.53. The molecule has 1 aliphatic carbocycles. The van der Waals surface area contributed by atoms with Gasteiger partial charge in [-0.3, -0.25) is 0 Å². The highest BCUT2D eigenvalue weighted by atomic mass is 32.2. The molecule has 1 fully saturated rings. The molecule has 0 bridgehead atoms. The molecule has 1 saturated carbocycles. The average Bonchev–Trinajstić information content (AvgIpc) is 2.30. The van der Waals surface area contributed by atoms with Gasteiger partial charge in [0, 0.05) is 12.1 Å². The Morgan fingerprint density at radius 1 is 1.40 bits per heavy atom. The van der Waals surface area contributed by atoms with E-state index in [-0.39, 0.29) is 12.6 Å². The summed E-state index contributed by atoms with van der Waals surface area (Å²) >= 11 is 0. The van der Waals surface area contributed by atoms with Gasteiger partial charge in [0.25, 0.3) is 0 Å². The Kier molecular flexibility index (Phi) is 5.79. The van der Waals surface area contributed by atoms with Crippen molar-refractivity contribution in [2.45, 2.75) is 58.1 Å². The zero-order valence-corrected chi connectivity index (χ0v) is 13.1. The van der Waals surface area contributed by atoms with E-state index in [0.717, 1.165) is 12.8 Å². The molecule has 8 heteroatoms. The highest BCUT2D eigenvalue weighted by Crippen LogP contribution is 2.31. The van der Waals surface area contributed by atoms with Gasteiger partial charge in [-0.1, -0.05) is 6.92 Å². The molecule has 0 heterocycles. The minimum absolute atomic E-state index is 0.208. The molecule has 0 radical (unpaired) electrons. The lowest BCUT2D eigenvalue weighted by molar-refractivity contribution is 0.121. The fraction of sp³-hybridized carbons (Fsp3) is 0.917. The molecule has 20 heavy (non-hydrogen) atoms. The molecule has 4 N–H and O–H groups in total. The lowest BCUT2D eigenvalue weighted by Crippen LogP contribution is -2.58. The van der Waals surface area contributed by atoms with Crippen molar-refractivity contribution in [1.29, 1.82) is 0 Å². The maximum Gasteiger partial charge on any atom is 0.422 e. The van der Waals surface area contributed by atoms with E-state index >= 15 is 0 Å². The van der Waals surface area contributed by atoms with E-state index in [1.165, 1.54) is 0 Å². The molecule has 7 nitrogen and oxygen atoms in total. The van der Waals surface area contributed by atoms with Crippen LogP contribution >= 0.6 is 0 Å². The zero-order chi connectivity index (χ0) is 15.4. The Balaban J connectivity index is 2.66. The Labute approximate surface area is 120 Å². The van der Waals surface area contributed by atoms with E-state index in [2.05, 4.69) is 11.6 Å². The van der Waals surface area contributed by atoms with Gasteiger partial charge in [-0.05, 0) is 45.4 Å². The Morgan fingerprint density at radius 2 is 1.95 bits per heavy atom. The third-order valence-corrected chi connectivity index (χ3v) is 4.67. The summed E-state index contributed by atoms with van der Waals surface area (Å²) in [5, 5.41) is 0. The Morgan fingerprint density at radius 3 is 2.40 bits per heavy atom. The lowest BCUT2D eigenvalue weighted by Gasteiger charge is -2.38. The van der Waals surface area contributed by atoms with Gasteiger partial charge in [0.2, 0.25) is 0 Å². The second kappa shape index (κ2) is 6.73. The maximum atomic E-state index is 12.0. The van der Waals surface area contributed by atoms with Gasteiger partial charge in [-0.2, -0.15) is 13.1 Å². The minimum atomic E-state index is -3.97. The van der Waals surface area contributed by atoms with E-state index < -0.39 is 21.8 Å². The summed E-state index contributed by atoms with van der Waals surface area (Å²) < 4.78 is 33.0. The molecular formula is C12H25N3O4S. The summed E-state index contributed by atoms with van der Waals surface area (Å²) in [6.07, 6.45) is 1.80. The number of amides is 1. The van der Waals surface area contributed by atoms with Crippen LogP contribution in [0.1, 0.15) is 46.5 Å². The van der Waals surface area contributed by atoms with Crippen molar-refractivity contribution in [3.8, 4) is 0 Å². The van der Waals surface area contributed by atoms with Crippen LogP contribution in [0.25, 0.3) is 0 Å². The Hall–Kier alpha value is -0.860. The lowest BCUT2D eigenvalue weighted by atomic mass is 9.78. The number of ether oxygens (including phenoxy) is 1. The number of nitrogens with two attached hydrogens (primary N) is 1. The quantitative estimate of drug-likeness (QED) is 0.698. The van der Waals surface area contributed by atoms with Crippen molar-refractivity contribution in [3.63, 3.8) is 0 Å². The van der Waals surface area contributed by atoms with E-state index in [9.17, 15) is 13.2 Å². The number of carbonyl (C=O) groups is 1. The largest absolute Gasteiger partial charge is 0.446 e. The zero-order valence-electron chi connectivity index (χ0n) is 12.3. The monoisotopic (exact) mass is 307 g/mol. The van der Waals surface area contributed by atoms with E-state index in [0.29, 0.717) is 18.8 Å². The van der Waals surface area contributed by atoms with Crippen LogP contribution in [-0.4, -0.2) is 32.7 Å². The molecule has 0 spiro atoms. The van der Waals surface area contributed by atoms with Crippen LogP contribution in [0.15, 0.2) is 0 Å². The molecule has 0 saturated heterocycles. The van der Waals surface area contributed by atoms with E-state index in [1.54, 1.807) is 13.8 Å². The summed E-state index contributed by atoms with van der Waals surface area (Å²) in [4.78, 5) is 11.4. The van der Waals surface area contributed by atoms with Gasteiger partial charge in [0.05, 0.1) is 6.10 Å². The fourth-order valence-electron chi connectivity index (χ4n) is 2.32. The summed E-state index contributed by atoms with van der Waals surface area (Å²) in [7, 11) is -3.97. The van der Waals surface area contributed by atoms with Crippen LogP contribution in [0.2, 0.25) is 0 Å². The molecule has 1 aliphatic rings. The van der Waals surface area contributed by atoms with Crippen LogP contribution in [-0.2, 0) is 14.9 Å². The molecule has 118 valence electrons. The van der Waals surface area contributed by atoms with Crippen LogP contribution in [0, 0.1) is 5.92 Å². The second-order valence-electron chi connectivity index (χ2n) is 5.83. The van der Waals surface area contributed by atoms with Crippen molar-refractivity contribution in [1.82, 2.24) is 9.44 Å². The molecular weight excluding hydrogens is 282 g/mol. The average molecular weight is 307 g/mol. The topological polar surface area (TPSA) is 111 Å². The van der Waals surface area contributed by atoms with Crippen molar-refractivity contribution < 1.29 is 17.9 Å². The van der Waals surface area contributed by atoms with Gasteiger partial charge >= 0.3 is 16.3 Å². The standard InChI is InChI=1S/C12H25N3O4S/c1-9(2)19-11(16)14-20(17,18)15-12(8-13)6-4-10(3)5-7-12/h9-10,15H,4-8,13H2,1-3H3,(H,14,16). The van der Waals surface area contributed by atoms with Crippen molar-refractivity contribution in [2.75, 3.05) is 6.54 Å². The van der Waals surface area contributed by atoms with Crippen molar-refractivity contribution in [3.05, 3.63) is 0 Å². The van der Waals surface area contributed by atoms with Crippen LogP contribution in [0.5, 0.6) is 0 Å². The van der Waals surface area contributed by atoms with Crippen LogP contribution < -0.4 is 15.2 Å². The number of hydrogen-bond donors (Lipinski definition) is 3. The van der Waals surface area contributed by atoms with E-state index in [4.69, 9.17) is 10.5 Å². The first-order chi connectivity index (χ1) is 9.18. The number of nitrogens with one attached hydrogen (secondary N) is 2. The SMILES string of the molecule is CC1CCC(CN)(NS(=O)(=O)NC(=O)OC(C)C)CC1. The molecule has 0 unspecified atom stereocenters. The van der Waals surface area contributed by atoms with Gasteiger partial charge in [0.1, 0.15) is 0 Å². The molecule has 0 aromatic rings. The first kappa shape index (κ1) is 17.2. The molecule has 0 atom stereocenters. The van der Waals surface area contributed by atoms with Crippen LogP contribution in [0.4, 0.5) is 4.79 Å². The van der Waals surface area contributed by atoms with E-state index in [1.807, 2.05) is 4.72 Å². The second-order valence-corrected chi connectivity index (χ2v) is 7.24. The molecule has 0 aromatic carbocycles. The molecule has 1 rings (SSSR count). The first-order valence-corrected chi connectivity index (χ1v) is 8.39. The first-order valence-electron chi connectivity index (χ1n) is 6.90. The normalized spacial score (nSPS) is 27.4. The van der Waals surface area contributed by atoms with Gasteiger partial charge in [0.15, 0.2) is 0 Å². The van der Waals surface area contributed by atoms with Gasteiger partial charge < -0.3 is 10.5 Å². The number of hydrogen-bond acceptors (Lipinski definition) is 5. The highest BCUT2D eigenvalue weighted by molar-refractivity contribution is 7.88. The third kappa shape index (κ3) is 5.26. The molecule has 0 aromatic heterocycles. The van der Waals surface area contributed by atoms with Gasteiger partial charge in [-0.25, -0.2) is 9.52 Å². The fourth-order valence-corrected chi connectivity index (χ4v) is 3.50. The molecule has 0 aliphatic heterocycles. The predicted octanol–water partition coefficient (Wildman–Crippen LogP) is 0.863. The number of rotatable bonds is 5. The highest BCUT2D eigenvalue weighted by Gasteiger charge is 2.37. The predicted molar refractivity (Wildman–Crippen MR) is 76.2 cm³/mol. The minimum Gasteiger partial charge on any atom is -0.446 e. The molecule has 1 amide bonds. The van der Waals surface area contributed by atoms with Crippen molar-refractivity contribution in [2.24, 2.45) is 11.7 Å². The smallest absolute Gasteiger partial charge is 0.422 e. The maximum absolute atomic E-state index is 12.0. The summed E-state index contributed by atoms with van der Waals surface area (Å²) in [6, 6.07) is 0. The Bertz CT molecular complexity index is 428. The summed E-state index contributed by atoms with van der Waals surface area (Å²) in [6.45, 7) is 5.63. The van der Waals surface area contributed by atoms with Crippen molar-refractivity contribution >= 4 is 16.3 Å². The number of carbonyl (C=O) groups excluding carboxylic acids is 1. The van der Waals surface area contributed by atoms with Gasteiger partial charge in [-0.15, -0.1) is 0 Å². The van der Waals surface area contributed by atoms with Crippen LogP contribution in [0.3, 0.4) is 0 Å². The summed E-state index contributed by atoms with van der Waals surface area (Å²) in [5.74, 6) is 0.568.